The Morgan fingerprint density at radius 1 is 0.600 bits per heavy atom. The lowest BCUT2D eigenvalue weighted by Crippen LogP contribution is -2.29. The number of carbonyl (C=O) groups excluding carboxylic acids is 2. The van der Waals surface area contributed by atoms with E-state index in [0.717, 1.165) is 77.0 Å². The quantitative estimate of drug-likeness (QED) is 0.0177. The highest BCUT2D eigenvalue weighted by molar-refractivity contribution is 7.47. The Bertz CT molecular complexity index is 1380. The molecule has 3 N–H and O–H groups in total. The van der Waals surface area contributed by atoms with E-state index in [9.17, 15) is 24.2 Å². The topological polar surface area (TPSA) is 161 Å². The normalized spacial score (nSPS) is 18.1. The monoisotopic (exact) mass is 861 g/mol. The van der Waals surface area contributed by atoms with Gasteiger partial charge in [0.2, 0.25) is 0 Å². The number of allylic oxidation sites excluding steroid dienone is 14. The molecule has 0 bridgehead atoms. The number of esters is 2. The molecule has 1 rings (SSSR count). The van der Waals surface area contributed by atoms with E-state index in [0.29, 0.717) is 19.3 Å². The van der Waals surface area contributed by atoms with Crippen LogP contribution in [-0.2, 0) is 37.4 Å². The lowest BCUT2D eigenvalue weighted by atomic mass is 10.1. The average Bonchev–Trinajstić information content (AvgIpc) is 4.00. The minimum Gasteiger partial charge on any atom is -0.462 e. The number of hydrogen-bond donors (Lipinski definition) is 3. The summed E-state index contributed by atoms with van der Waals surface area (Å²) in [6.45, 7) is 2.10. The lowest BCUT2D eigenvalue weighted by molar-refractivity contribution is -0.161. The first-order valence-corrected chi connectivity index (χ1v) is 23.8. The molecule has 60 heavy (non-hydrogen) atoms. The van der Waals surface area contributed by atoms with Crippen molar-refractivity contribution < 1.29 is 52.5 Å². The van der Waals surface area contributed by atoms with Crippen LogP contribution in [-0.4, -0.2) is 77.9 Å². The fourth-order valence-electron chi connectivity index (χ4n) is 5.58. The largest absolute Gasteiger partial charge is 0.472 e. The van der Waals surface area contributed by atoms with E-state index in [1.165, 1.54) is 19.3 Å². The van der Waals surface area contributed by atoms with E-state index in [1.54, 1.807) is 0 Å². The summed E-state index contributed by atoms with van der Waals surface area (Å²) in [4.78, 5) is 35.1. The van der Waals surface area contributed by atoms with Gasteiger partial charge >= 0.3 is 19.8 Å². The van der Waals surface area contributed by atoms with Crippen LogP contribution in [0.3, 0.4) is 0 Å². The Kier molecular flexibility index (Phi) is 35.4. The van der Waals surface area contributed by atoms with Crippen LogP contribution in [0.25, 0.3) is 0 Å². The molecule has 1 saturated heterocycles. The van der Waals surface area contributed by atoms with Gasteiger partial charge in [0.05, 0.1) is 32.0 Å². The van der Waals surface area contributed by atoms with Crippen molar-refractivity contribution in [2.24, 2.45) is 0 Å². The van der Waals surface area contributed by atoms with Crippen LogP contribution in [0.2, 0.25) is 0 Å². The third-order valence-corrected chi connectivity index (χ3v) is 10.1. The van der Waals surface area contributed by atoms with E-state index >= 15 is 0 Å². The van der Waals surface area contributed by atoms with Crippen LogP contribution >= 0.6 is 7.82 Å². The number of ether oxygens (including phenoxy) is 3. The minimum absolute atomic E-state index is 0.0864. The van der Waals surface area contributed by atoms with Crippen molar-refractivity contribution in [1.82, 2.24) is 0 Å². The third kappa shape index (κ3) is 35.6. The van der Waals surface area contributed by atoms with Crippen molar-refractivity contribution in [3.63, 3.8) is 0 Å². The van der Waals surface area contributed by atoms with E-state index in [4.69, 9.17) is 23.8 Å². The molecule has 0 amide bonds. The second-order valence-electron chi connectivity index (χ2n) is 14.7. The van der Waals surface area contributed by atoms with Gasteiger partial charge in [0, 0.05) is 12.8 Å². The van der Waals surface area contributed by atoms with Gasteiger partial charge < -0.3 is 29.3 Å². The number of carbonyl (C=O) groups is 2. The number of phosphoric acid groups is 1. The maximum atomic E-state index is 12.6. The Morgan fingerprint density at radius 3 is 1.67 bits per heavy atom. The highest BCUT2D eigenvalue weighted by Gasteiger charge is 2.36. The first kappa shape index (κ1) is 54.9. The Balaban J connectivity index is 2.33. The van der Waals surface area contributed by atoms with Crippen molar-refractivity contribution >= 4 is 19.8 Å². The number of aliphatic hydroxyl groups excluding tert-OH is 2. The summed E-state index contributed by atoms with van der Waals surface area (Å²) in [5.74, 6) is -1.05. The molecule has 0 saturated carbocycles. The molecule has 0 aromatic heterocycles. The Hall–Kier alpha value is -3.15. The fourth-order valence-corrected chi connectivity index (χ4v) is 6.37. The number of rotatable bonds is 39. The van der Waals surface area contributed by atoms with Crippen molar-refractivity contribution in [2.45, 2.75) is 167 Å². The maximum Gasteiger partial charge on any atom is 0.472 e. The summed E-state index contributed by atoms with van der Waals surface area (Å²) >= 11 is 0. The Labute approximate surface area is 361 Å². The van der Waals surface area contributed by atoms with Crippen LogP contribution in [0, 0.1) is 0 Å². The summed E-state index contributed by atoms with van der Waals surface area (Å²) in [5, 5.41) is 18.4. The first-order valence-electron chi connectivity index (χ1n) is 22.3. The highest BCUT2D eigenvalue weighted by Crippen LogP contribution is 2.43. The smallest absolute Gasteiger partial charge is 0.462 e. The molecule has 0 radical (unpaired) electrons. The van der Waals surface area contributed by atoms with Crippen molar-refractivity contribution in [3.8, 4) is 0 Å². The maximum absolute atomic E-state index is 12.6. The number of unbranched alkanes of at least 4 members (excludes halogenated alkanes) is 7. The standard InChI is InChI=1S/C48H77O11P/c1-3-5-7-9-11-13-14-15-16-17-18-19-20-21-22-24-26-28-33-37-47(51)55-41-44(42-57-60(53,54)56-40-43(50)39-49)58-48(52)38-34-30-29-32-36-46-45(59-46)35-31-27-25-23-12-10-8-6-4-2/h5,7,11-13,15-16,18-19,21-23,27,29,31-32,43-46,49-50H,3-4,6,8-10,14,17,20,24-26,28,30,33-42H2,1-2H3,(H,53,54)/b7-5-,13-11-,16-15-,19-18-,22-21-,23-12-,31-27-,32-29-/t43-,44+,45?,46?/m0/s1. The highest BCUT2D eigenvalue weighted by atomic mass is 31.2. The van der Waals surface area contributed by atoms with Crippen LogP contribution in [0.5, 0.6) is 0 Å². The van der Waals surface area contributed by atoms with Gasteiger partial charge in [-0.05, 0) is 96.3 Å². The first-order chi connectivity index (χ1) is 29.2. The van der Waals surface area contributed by atoms with Crippen molar-refractivity contribution in [3.05, 3.63) is 97.2 Å². The van der Waals surface area contributed by atoms with Crippen LogP contribution in [0.4, 0.5) is 0 Å². The van der Waals surface area contributed by atoms with Gasteiger partial charge in [-0.25, -0.2) is 4.57 Å². The molecule has 0 aromatic rings. The minimum atomic E-state index is -4.66. The zero-order valence-electron chi connectivity index (χ0n) is 36.6. The molecule has 3 unspecified atom stereocenters. The van der Waals surface area contributed by atoms with Gasteiger partial charge in [-0.1, -0.05) is 130 Å². The second kappa shape index (κ2) is 38.7. The molecule has 1 aliphatic heterocycles. The molecule has 0 spiro atoms. The van der Waals surface area contributed by atoms with E-state index in [-0.39, 0.29) is 31.7 Å². The van der Waals surface area contributed by atoms with E-state index in [1.807, 2.05) is 6.08 Å². The second-order valence-corrected chi connectivity index (χ2v) is 16.2. The SMILES string of the molecule is CC/C=C\C/C=C\C/C=C\C/C=C\C/C=C\CCCCCC(=O)OC[C@H](COP(=O)(O)OC[C@@H](O)CO)OC(=O)CCC/C=C\CC1OC1C/C=C\C/C=C\CCCCC. The summed E-state index contributed by atoms with van der Waals surface area (Å²) in [5.41, 5.74) is 0. The van der Waals surface area contributed by atoms with Gasteiger partial charge in [0.1, 0.15) is 12.7 Å². The van der Waals surface area contributed by atoms with Gasteiger partial charge in [0.25, 0.3) is 0 Å². The summed E-state index contributed by atoms with van der Waals surface area (Å²) in [7, 11) is -4.66. The molecule has 340 valence electrons. The lowest BCUT2D eigenvalue weighted by Gasteiger charge is -2.20. The van der Waals surface area contributed by atoms with Gasteiger partial charge in [-0.15, -0.1) is 0 Å². The van der Waals surface area contributed by atoms with Gasteiger partial charge in [-0.3, -0.25) is 18.6 Å². The molecule has 0 aliphatic carbocycles. The van der Waals surface area contributed by atoms with E-state index < -0.39 is 51.8 Å². The molecule has 12 heteroatoms. The molecular weight excluding hydrogens is 783 g/mol. The molecule has 1 fully saturated rings. The molecule has 0 aromatic carbocycles. The summed E-state index contributed by atoms with van der Waals surface area (Å²) in [6.07, 6.45) is 49.7. The number of aliphatic hydroxyl groups is 2. The van der Waals surface area contributed by atoms with Crippen molar-refractivity contribution in [1.29, 1.82) is 0 Å². The number of epoxide rings is 1. The number of phosphoric ester groups is 1. The average molecular weight is 861 g/mol. The predicted molar refractivity (Wildman–Crippen MR) is 241 cm³/mol. The molecule has 11 nitrogen and oxygen atoms in total. The van der Waals surface area contributed by atoms with Crippen LogP contribution in [0.15, 0.2) is 97.2 Å². The van der Waals surface area contributed by atoms with Crippen LogP contribution < -0.4 is 0 Å². The van der Waals surface area contributed by atoms with E-state index in [2.05, 4.69) is 110 Å². The van der Waals surface area contributed by atoms with Gasteiger partial charge in [0.15, 0.2) is 6.10 Å². The molecule has 1 aliphatic rings. The summed E-state index contributed by atoms with van der Waals surface area (Å²) in [6, 6.07) is 0. The Morgan fingerprint density at radius 2 is 1.08 bits per heavy atom. The third-order valence-electron chi connectivity index (χ3n) is 9.12. The fraction of sp³-hybridized carbons (Fsp3) is 0.625. The molecule has 5 atom stereocenters. The molecule has 1 heterocycles. The van der Waals surface area contributed by atoms with Crippen LogP contribution in [0.1, 0.15) is 142 Å². The molecular formula is C48H77O11P. The zero-order chi connectivity index (χ0) is 43.8. The van der Waals surface area contributed by atoms with Crippen molar-refractivity contribution in [2.75, 3.05) is 26.4 Å². The zero-order valence-corrected chi connectivity index (χ0v) is 37.5. The predicted octanol–water partition coefficient (Wildman–Crippen LogP) is 11.0. The van der Waals surface area contributed by atoms with Gasteiger partial charge in [-0.2, -0.15) is 0 Å². The number of hydrogen-bond acceptors (Lipinski definition) is 10. The summed E-state index contributed by atoms with van der Waals surface area (Å²) < 4.78 is 38.4.